The van der Waals surface area contributed by atoms with E-state index in [1.54, 1.807) is 66.7 Å². The van der Waals surface area contributed by atoms with Crippen LogP contribution >= 0.6 is 0 Å². The van der Waals surface area contributed by atoms with Crippen LogP contribution in [0.2, 0.25) is 0 Å². The lowest BCUT2D eigenvalue weighted by Gasteiger charge is -2.07. The van der Waals surface area contributed by atoms with Crippen molar-refractivity contribution in [3.8, 4) is 5.75 Å². The molecule has 3 aromatic carbocycles. The summed E-state index contributed by atoms with van der Waals surface area (Å²) in [6.07, 6.45) is 1.41. The number of aromatic nitrogens is 2. The van der Waals surface area contributed by atoms with Crippen molar-refractivity contribution in [1.29, 1.82) is 0 Å². The molecule has 4 rings (SSSR count). The van der Waals surface area contributed by atoms with Gasteiger partial charge in [0.15, 0.2) is 0 Å². The van der Waals surface area contributed by atoms with Crippen LogP contribution in [0.25, 0.3) is 10.9 Å². The molecular weight excluding hydrogens is 373 g/mol. The molecule has 0 radical (unpaired) electrons. The normalized spacial score (nSPS) is 11.2. The fourth-order valence-corrected chi connectivity index (χ4v) is 2.81. The van der Waals surface area contributed by atoms with Gasteiger partial charge in [0.1, 0.15) is 18.2 Å². The zero-order chi connectivity index (χ0) is 20.2. The number of para-hydroxylation sites is 1. The van der Waals surface area contributed by atoms with Gasteiger partial charge < -0.3 is 9.72 Å². The van der Waals surface area contributed by atoms with Gasteiger partial charge in [-0.15, -0.1) is 4.68 Å². The zero-order valence-electron chi connectivity index (χ0n) is 15.2. The summed E-state index contributed by atoms with van der Waals surface area (Å²) in [5.41, 5.74) is 0.487. The first-order valence-corrected chi connectivity index (χ1v) is 8.86. The van der Waals surface area contributed by atoms with E-state index < -0.39 is 11.2 Å². The second-order valence-electron chi connectivity index (χ2n) is 6.29. The molecule has 1 heterocycles. The maximum absolute atomic E-state index is 13.6. The number of aromatic amines is 1. The standard InChI is InChI=1S/C22H16FN3O3/c23-19-7-3-1-5-16(19)14-29-17-11-9-15(10-12-17)13-24-26-21(27)18-6-2-4-8-20(18)25-22(26)28/h1-13H,14H2,(H,25,28). The molecule has 4 aromatic rings. The number of hydrogen-bond acceptors (Lipinski definition) is 4. The molecule has 0 unspecified atom stereocenters. The van der Waals surface area contributed by atoms with Crippen molar-refractivity contribution in [2.24, 2.45) is 5.10 Å². The number of fused-ring (bicyclic) bond motifs is 1. The predicted octanol–water partition coefficient (Wildman–Crippen LogP) is 3.29. The van der Waals surface area contributed by atoms with E-state index in [1.807, 2.05) is 0 Å². The molecule has 29 heavy (non-hydrogen) atoms. The summed E-state index contributed by atoms with van der Waals surface area (Å²) in [4.78, 5) is 27.2. The van der Waals surface area contributed by atoms with Gasteiger partial charge in [-0.2, -0.15) is 5.10 Å². The van der Waals surface area contributed by atoms with E-state index in [2.05, 4.69) is 10.1 Å². The molecule has 6 nitrogen and oxygen atoms in total. The van der Waals surface area contributed by atoms with Gasteiger partial charge in [0.05, 0.1) is 17.1 Å². The van der Waals surface area contributed by atoms with Gasteiger partial charge in [-0.3, -0.25) is 4.79 Å². The zero-order valence-corrected chi connectivity index (χ0v) is 15.2. The van der Waals surface area contributed by atoms with Crippen molar-refractivity contribution in [3.63, 3.8) is 0 Å². The smallest absolute Gasteiger partial charge is 0.349 e. The molecule has 0 saturated carbocycles. The molecule has 0 atom stereocenters. The van der Waals surface area contributed by atoms with Crippen molar-refractivity contribution in [1.82, 2.24) is 9.66 Å². The first-order chi connectivity index (χ1) is 14.1. The molecular formula is C22H16FN3O3. The van der Waals surface area contributed by atoms with E-state index in [4.69, 9.17) is 4.74 Å². The monoisotopic (exact) mass is 389 g/mol. The maximum atomic E-state index is 13.6. The Labute approximate surface area is 164 Å². The summed E-state index contributed by atoms with van der Waals surface area (Å²) in [6.45, 7) is 0.113. The van der Waals surface area contributed by atoms with Crippen LogP contribution in [-0.2, 0) is 6.61 Å². The summed E-state index contributed by atoms with van der Waals surface area (Å²) in [5.74, 6) is 0.244. The highest BCUT2D eigenvalue weighted by Crippen LogP contribution is 2.15. The van der Waals surface area contributed by atoms with Gasteiger partial charge in [-0.25, -0.2) is 9.18 Å². The van der Waals surface area contributed by atoms with Crippen molar-refractivity contribution in [2.45, 2.75) is 6.61 Å². The number of nitrogens with zero attached hydrogens (tertiary/aromatic N) is 2. The van der Waals surface area contributed by atoms with Crippen LogP contribution in [-0.4, -0.2) is 15.9 Å². The van der Waals surface area contributed by atoms with E-state index in [0.29, 0.717) is 27.8 Å². The molecule has 7 heteroatoms. The molecule has 0 bridgehead atoms. The first kappa shape index (κ1) is 18.4. The van der Waals surface area contributed by atoms with E-state index in [0.717, 1.165) is 4.68 Å². The minimum atomic E-state index is -0.616. The Balaban J connectivity index is 1.51. The Morgan fingerprint density at radius 1 is 0.966 bits per heavy atom. The van der Waals surface area contributed by atoms with Crippen LogP contribution in [0.4, 0.5) is 4.39 Å². The number of rotatable bonds is 5. The SMILES string of the molecule is O=c1[nH]c2ccccc2c(=O)n1N=Cc1ccc(OCc2ccccc2F)cc1. The molecule has 0 spiro atoms. The van der Waals surface area contributed by atoms with Crippen molar-refractivity contribution >= 4 is 17.1 Å². The molecule has 0 saturated heterocycles. The maximum Gasteiger partial charge on any atom is 0.349 e. The van der Waals surface area contributed by atoms with E-state index in [9.17, 15) is 14.0 Å². The highest BCUT2D eigenvalue weighted by Gasteiger charge is 2.06. The van der Waals surface area contributed by atoms with Crippen LogP contribution < -0.4 is 16.0 Å². The third-order valence-electron chi connectivity index (χ3n) is 4.34. The van der Waals surface area contributed by atoms with Crippen molar-refractivity contribution in [3.05, 3.63) is 111 Å². The number of halogens is 1. The summed E-state index contributed by atoms with van der Waals surface area (Å²) in [6, 6.07) is 20.0. The number of H-pyrrole nitrogens is 1. The summed E-state index contributed by atoms with van der Waals surface area (Å²) in [5, 5.41) is 4.38. The Kier molecular flexibility index (Phi) is 5.03. The Hall–Kier alpha value is -4.00. The summed E-state index contributed by atoms with van der Waals surface area (Å²) in [7, 11) is 0. The van der Waals surface area contributed by atoms with Crippen LogP contribution in [0.5, 0.6) is 5.75 Å². The molecule has 0 fully saturated rings. The number of hydrogen-bond donors (Lipinski definition) is 1. The molecule has 0 aliphatic carbocycles. The minimum absolute atomic E-state index is 0.113. The van der Waals surface area contributed by atoms with E-state index >= 15 is 0 Å². The third kappa shape index (κ3) is 3.98. The second-order valence-corrected chi connectivity index (χ2v) is 6.29. The lowest BCUT2D eigenvalue weighted by atomic mass is 10.2. The lowest BCUT2D eigenvalue weighted by molar-refractivity contribution is 0.300. The van der Waals surface area contributed by atoms with Crippen LogP contribution in [0.15, 0.2) is 87.5 Å². The average Bonchev–Trinajstić information content (AvgIpc) is 2.74. The molecule has 1 N–H and O–H groups in total. The molecule has 0 aliphatic rings. The molecule has 144 valence electrons. The predicted molar refractivity (Wildman–Crippen MR) is 109 cm³/mol. The Morgan fingerprint density at radius 2 is 1.69 bits per heavy atom. The van der Waals surface area contributed by atoms with E-state index in [-0.39, 0.29) is 12.4 Å². The van der Waals surface area contributed by atoms with Gasteiger partial charge in [0, 0.05) is 5.56 Å². The summed E-state index contributed by atoms with van der Waals surface area (Å²) < 4.78 is 20.0. The van der Waals surface area contributed by atoms with Gasteiger partial charge in [-0.05, 0) is 48.0 Å². The largest absolute Gasteiger partial charge is 0.489 e. The topological polar surface area (TPSA) is 76.5 Å². The van der Waals surface area contributed by atoms with Crippen LogP contribution in [0.1, 0.15) is 11.1 Å². The summed E-state index contributed by atoms with van der Waals surface area (Å²) >= 11 is 0. The van der Waals surface area contributed by atoms with Crippen LogP contribution in [0, 0.1) is 5.82 Å². The number of benzene rings is 3. The van der Waals surface area contributed by atoms with Gasteiger partial charge >= 0.3 is 5.69 Å². The van der Waals surface area contributed by atoms with E-state index in [1.165, 1.54) is 12.3 Å². The quantitative estimate of drug-likeness (QED) is 0.532. The Morgan fingerprint density at radius 3 is 2.48 bits per heavy atom. The molecule has 0 amide bonds. The first-order valence-electron chi connectivity index (χ1n) is 8.86. The van der Waals surface area contributed by atoms with Gasteiger partial charge in [0.25, 0.3) is 5.56 Å². The molecule has 0 aliphatic heterocycles. The highest BCUT2D eigenvalue weighted by atomic mass is 19.1. The Bertz CT molecular complexity index is 1310. The lowest BCUT2D eigenvalue weighted by Crippen LogP contribution is -2.32. The van der Waals surface area contributed by atoms with Crippen LogP contribution in [0.3, 0.4) is 0 Å². The third-order valence-corrected chi connectivity index (χ3v) is 4.34. The van der Waals surface area contributed by atoms with Gasteiger partial charge in [0.2, 0.25) is 0 Å². The van der Waals surface area contributed by atoms with Crippen molar-refractivity contribution < 1.29 is 9.13 Å². The second kappa shape index (κ2) is 7.93. The van der Waals surface area contributed by atoms with Crippen molar-refractivity contribution in [2.75, 3.05) is 0 Å². The number of nitrogens with one attached hydrogen (secondary N) is 1. The number of ether oxygens (including phenoxy) is 1. The van der Waals surface area contributed by atoms with Gasteiger partial charge in [-0.1, -0.05) is 30.3 Å². The average molecular weight is 389 g/mol. The minimum Gasteiger partial charge on any atom is -0.489 e. The fourth-order valence-electron chi connectivity index (χ4n) is 2.81. The highest BCUT2D eigenvalue weighted by molar-refractivity contribution is 5.80. The molecule has 1 aromatic heterocycles. The fraction of sp³-hybridized carbons (Fsp3) is 0.0455.